The molecule has 0 aromatic rings. The Morgan fingerprint density at radius 1 is 0.533 bits per heavy atom. The van der Waals surface area contributed by atoms with Crippen molar-refractivity contribution in [3.05, 3.63) is 24.3 Å². The first-order valence-electron chi connectivity index (χ1n) is 19.2. The maximum Gasteiger partial charge on any atom is 0.249 e. The van der Waals surface area contributed by atoms with Crippen LogP contribution in [0.4, 0.5) is 0 Å². The molecule has 5 N–H and O–H groups in total. The number of allylic oxidation sites excluding steroid dienone is 4. The maximum atomic E-state index is 12.4. The van der Waals surface area contributed by atoms with Crippen LogP contribution >= 0.6 is 0 Å². The van der Waals surface area contributed by atoms with Gasteiger partial charge in [-0.1, -0.05) is 154 Å². The zero-order chi connectivity index (χ0) is 33.2. The molecule has 0 aliphatic rings. The molecule has 0 heterocycles. The average Bonchev–Trinajstić information content (AvgIpc) is 3.04. The number of hydrogen-bond donors (Lipinski definition) is 5. The highest BCUT2D eigenvalue weighted by Gasteiger charge is 2.28. The predicted octanol–water partition coefficient (Wildman–Crippen LogP) is 9.23. The van der Waals surface area contributed by atoms with E-state index in [1.807, 2.05) is 0 Å². The fourth-order valence-corrected chi connectivity index (χ4v) is 5.76. The fraction of sp³-hybridized carbons (Fsp3) is 0.872. The lowest BCUT2D eigenvalue weighted by atomic mass is 10.00. The van der Waals surface area contributed by atoms with Crippen LogP contribution in [0.2, 0.25) is 0 Å². The number of hydrogen-bond acceptors (Lipinski definition) is 5. The minimum absolute atomic E-state index is 0.358. The number of rotatable bonds is 34. The first-order chi connectivity index (χ1) is 22.0. The number of nitrogens with one attached hydrogen (secondary N) is 1. The van der Waals surface area contributed by atoms with Crippen LogP contribution in [-0.4, -0.2) is 57.3 Å². The Kier molecular flexibility index (Phi) is 33.2. The van der Waals surface area contributed by atoms with Crippen LogP contribution < -0.4 is 5.32 Å². The standard InChI is InChI=1S/C39H75NO5/c1-3-5-7-9-11-12-13-14-15-16-17-18-19-20-21-22-23-24-25-26-27-29-31-33-37(43)39(45)40-35(34-41)38(44)36(42)32-30-28-10-8-6-4-2/h8,10,20-21,35-38,41-44H,3-7,9,11-19,22-34H2,1-2H3,(H,40,45)/b10-8+,21-20-. The second-order valence-electron chi connectivity index (χ2n) is 13.3. The van der Waals surface area contributed by atoms with E-state index in [9.17, 15) is 25.2 Å². The van der Waals surface area contributed by atoms with Crippen molar-refractivity contribution in [1.82, 2.24) is 5.32 Å². The molecule has 4 atom stereocenters. The van der Waals surface area contributed by atoms with Crippen molar-refractivity contribution in [3.63, 3.8) is 0 Å². The van der Waals surface area contributed by atoms with Crippen LogP contribution in [0, 0.1) is 0 Å². The first kappa shape index (κ1) is 43.8. The van der Waals surface area contributed by atoms with Gasteiger partial charge in [-0.3, -0.25) is 4.79 Å². The molecular weight excluding hydrogens is 562 g/mol. The zero-order valence-electron chi connectivity index (χ0n) is 29.6. The van der Waals surface area contributed by atoms with Crippen molar-refractivity contribution in [3.8, 4) is 0 Å². The Morgan fingerprint density at radius 2 is 0.956 bits per heavy atom. The average molecular weight is 638 g/mol. The van der Waals surface area contributed by atoms with Crippen LogP contribution in [0.15, 0.2) is 24.3 Å². The summed E-state index contributed by atoms with van der Waals surface area (Å²) in [5.74, 6) is -0.602. The molecule has 0 aliphatic heterocycles. The highest BCUT2D eigenvalue weighted by Crippen LogP contribution is 2.15. The van der Waals surface area contributed by atoms with Gasteiger partial charge >= 0.3 is 0 Å². The summed E-state index contributed by atoms with van der Waals surface area (Å²) < 4.78 is 0. The lowest BCUT2D eigenvalue weighted by molar-refractivity contribution is -0.132. The van der Waals surface area contributed by atoms with Gasteiger partial charge in [-0.05, 0) is 57.8 Å². The van der Waals surface area contributed by atoms with E-state index in [0.29, 0.717) is 19.3 Å². The maximum absolute atomic E-state index is 12.4. The molecule has 0 saturated carbocycles. The van der Waals surface area contributed by atoms with Crippen LogP contribution in [0.25, 0.3) is 0 Å². The molecule has 45 heavy (non-hydrogen) atoms. The van der Waals surface area contributed by atoms with Gasteiger partial charge in [0.2, 0.25) is 5.91 Å². The molecule has 6 nitrogen and oxygen atoms in total. The number of carbonyl (C=O) groups excluding carboxylic acids is 1. The SMILES string of the molecule is CCC/C=C/CCCC(O)C(O)C(CO)NC(=O)C(O)CCCCCCCCC/C=C\CCCCCCCCCCCCCC. The van der Waals surface area contributed by atoms with E-state index in [0.717, 1.165) is 38.5 Å². The highest BCUT2D eigenvalue weighted by molar-refractivity contribution is 5.80. The van der Waals surface area contributed by atoms with Crippen molar-refractivity contribution in [2.75, 3.05) is 6.61 Å². The Morgan fingerprint density at radius 3 is 1.42 bits per heavy atom. The molecule has 0 aliphatic carbocycles. The quantitative estimate of drug-likeness (QED) is 0.0357. The number of carbonyl (C=O) groups is 1. The third kappa shape index (κ3) is 28.7. The van der Waals surface area contributed by atoms with Crippen molar-refractivity contribution in [2.45, 2.75) is 212 Å². The molecular formula is C39H75NO5. The van der Waals surface area contributed by atoms with Crippen molar-refractivity contribution in [1.29, 1.82) is 0 Å². The second-order valence-corrected chi connectivity index (χ2v) is 13.3. The summed E-state index contributed by atoms with van der Waals surface area (Å²) in [5.41, 5.74) is 0. The molecule has 0 spiro atoms. The van der Waals surface area contributed by atoms with Gasteiger partial charge in [0.05, 0.1) is 18.8 Å². The molecule has 1 amide bonds. The third-order valence-electron chi connectivity index (χ3n) is 8.87. The number of aliphatic hydroxyl groups is 4. The molecule has 0 aromatic carbocycles. The van der Waals surface area contributed by atoms with E-state index in [1.165, 1.54) is 116 Å². The topological polar surface area (TPSA) is 110 Å². The predicted molar refractivity (Wildman–Crippen MR) is 191 cm³/mol. The molecule has 0 fully saturated rings. The first-order valence-corrected chi connectivity index (χ1v) is 19.2. The second kappa shape index (κ2) is 34.1. The third-order valence-corrected chi connectivity index (χ3v) is 8.87. The van der Waals surface area contributed by atoms with Crippen LogP contribution in [0.3, 0.4) is 0 Å². The van der Waals surface area contributed by atoms with E-state index in [4.69, 9.17) is 0 Å². The summed E-state index contributed by atoms with van der Waals surface area (Å²) in [5, 5.41) is 43.0. The highest BCUT2D eigenvalue weighted by atomic mass is 16.3. The monoisotopic (exact) mass is 638 g/mol. The van der Waals surface area contributed by atoms with Gasteiger partial charge in [0.25, 0.3) is 0 Å². The Bertz CT molecular complexity index is 682. The van der Waals surface area contributed by atoms with Gasteiger partial charge in [0.15, 0.2) is 0 Å². The minimum Gasteiger partial charge on any atom is -0.394 e. The smallest absolute Gasteiger partial charge is 0.249 e. The number of amides is 1. The molecule has 6 heteroatoms. The molecule has 4 unspecified atom stereocenters. The molecule has 0 radical (unpaired) electrons. The van der Waals surface area contributed by atoms with Crippen molar-refractivity contribution >= 4 is 5.91 Å². The zero-order valence-corrected chi connectivity index (χ0v) is 29.6. The Balaban J connectivity index is 3.66. The fourth-order valence-electron chi connectivity index (χ4n) is 5.76. The van der Waals surface area contributed by atoms with Gasteiger partial charge < -0.3 is 25.7 Å². The lowest BCUT2D eigenvalue weighted by Gasteiger charge is -2.27. The van der Waals surface area contributed by atoms with Crippen LogP contribution in [-0.2, 0) is 4.79 Å². The molecule has 0 aromatic heterocycles. The van der Waals surface area contributed by atoms with Crippen LogP contribution in [0.5, 0.6) is 0 Å². The van der Waals surface area contributed by atoms with Crippen molar-refractivity contribution < 1.29 is 25.2 Å². The van der Waals surface area contributed by atoms with E-state index in [2.05, 4.69) is 43.5 Å². The lowest BCUT2D eigenvalue weighted by Crippen LogP contribution is -2.53. The van der Waals surface area contributed by atoms with Gasteiger partial charge in [0.1, 0.15) is 12.2 Å². The van der Waals surface area contributed by atoms with E-state index in [-0.39, 0.29) is 0 Å². The van der Waals surface area contributed by atoms with Gasteiger partial charge in [-0.2, -0.15) is 0 Å². The summed E-state index contributed by atoms with van der Waals surface area (Å²) in [7, 11) is 0. The molecule has 0 rings (SSSR count). The molecule has 0 bridgehead atoms. The normalized spacial score (nSPS) is 14.7. The summed E-state index contributed by atoms with van der Waals surface area (Å²) in [6.45, 7) is 3.90. The Labute approximate surface area is 278 Å². The summed E-state index contributed by atoms with van der Waals surface area (Å²) >= 11 is 0. The van der Waals surface area contributed by atoms with E-state index >= 15 is 0 Å². The largest absolute Gasteiger partial charge is 0.394 e. The van der Waals surface area contributed by atoms with Crippen LogP contribution in [0.1, 0.15) is 187 Å². The minimum atomic E-state index is -1.28. The van der Waals surface area contributed by atoms with Gasteiger partial charge in [0, 0.05) is 0 Å². The van der Waals surface area contributed by atoms with Crippen molar-refractivity contribution in [2.24, 2.45) is 0 Å². The molecule has 266 valence electrons. The molecule has 0 saturated heterocycles. The summed E-state index contributed by atoms with van der Waals surface area (Å²) in [4.78, 5) is 12.4. The van der Waals surface area contributed by atoms with Gasteiger partial charge in [-0.25, -0.2) is 0 Å². The summed E-state index contributed by atoms with van der Waals surface area (Å²) in [6.07, 6.45) is 36.8. The van der Waals surface area contributed by atoms with E-state index in [1.54, 1.807) is 0 Å². The van der Waals surface area contributed by atoms with E-state index < -0.39 is 36.9 Å². The van der Waals surface area contributed by atoms with Gasteiger partial charge in [-0.15, -0.1) is 0 Å². The summed E-state index contributed by atoms with van der Waals surface area (Å²) in [6, 6.07) is -0.998. The number of unbranched alkanes of at least 4 members (excludes halogenated alkanes) is 21. The number of aliphatic hydroxyl groups excluding tert-OH is 4. The Hall–Kier alpha value is -1.21.